The quantitative estimate of drug-likeness (QED) is 0.519. The minimum Gasteiger partial charge on any atom is -0.394 e. The van der Waals surface area contributed by atoms with Gasteiger partial charge in [-0.05, 0) is 18.8 Å². The van der Waals surface area contributed by atoms with Crippen LogP contribution >= 0.6 is 0 Å². The Morgan fingerprint density at radius 3 is 2.12 bits per heavy atom. The largest absolute Gasteiger partial charge is 0.394 e. The van der Waals surface area contributed by atoms with Gasteiger partial charge in [0.15, 0.2) is 0 Å². The molecule has 0 atom stereocenters. The van der Waals surface area contributed by atoms with E-state index in [4.69, 9.17) is 15.3 Å². The first-order valence-corrected chi connectivity index (χ1v) is 5.96. The number of aliphatic hydroxyl groups excluding tert-OH is 3. The normalized spacial score (nSPS) is 18.2. The molecule has 6 nitrogen and oxygen atoms in total. The lowest BCUT2D eigenvalue weighted by Crippen LogP contribution is -2.60. The first-order chi connectivity index (χ1) is 8.06. The van der Waals surface area contributed by atoms with E-state index in [1.165, 1.54) is 0 Å². The van der Waals surface area contributed by atoms with Crippen molar-refractivity contribution in [2.45, 2.75) is 25.3 Å². The zero-order chi connectivity index (χ0) is 12.9. The highest BCUT2D eigenvalue weighted by Crippen LogP contribution is 2.16. The molecule has 6 heteroatoms. The summed E-state index contributed by atoms with van der Waals surface area (Å²) in [6.45, 7) is 2.02. The number of urea groups is 1. The van der Waals surface area contributed by atoms with Gasteiger partial charge >= 0.3 is 6.03 Å². The van der Waals surface area contributed by atoms with Crippen molar-refractivity contribution in [1.82, 2.24) is 10.2 Å². The minimum absolute atomic E-state index is 0.339. The average molecular weight is 246 g/mol. The van der Waals surface area contributed by atoms with E-state index in [1.54, 1.807) is 4.90 Å². The van der Waals surface area contributed by atoms with E-state index in [1.807, 2.05) is 0 Å². The molecule has 0 aromatic rings. The summed E-state index contributed by atoms with van der Waals surface area (Å²) in [5.74, 6) is 0.623. The van der Waals surface area contributed by atoms with E-state index in [2.05, 4.69) is 12.2 Å². The van der Waals surface area contributed by atoms with Gasteiger partial charge in [0.05, 0.1) is 19.8 Å². The second-order valence-corrected chi connectivity index (χ2v) is 4.85. The summed E-state index contributed by atoms with van der Waals surface area (Å²) in [4.78, 5) is 13.5. The van der Waals surface area contributed by atoms with Crippen LogP contribution in [0.4, 0.5) is 4.79 Å². The third kappa shape index (κ3) is 3.55. The first-order valence-electron chi connectivity index (χ1n) is 5.96. The summed E-state index contributed by atoms with van der Waals surface area (Å²) >= 11 is 0. The van der Waals surface area contributed by atoms with Gasteiger partial charge in [0.2, 0.25) is 0 Å². The smallest absolute Gasteiger partial charge is 0.318 e. The van der Waals surface area contributed by atoms with Gasteiger partial charge < -0.3 is 25.5 Å². The Bertz CT molecular complexity index is 240. The van der Waals surface area contributed by atoms with Crippen LogP contribution in [-0.2, 0) is 0 Å². The van der Waals surface area contributed by atoms with Crippen LogP contribution in [0.5, 0.6) is 0 Å². The Morgan fingerprint density at radius 2 is 1.71 bits per heavy atom. The molecule has 4 N–H and O–H groups in total. The molecular weight excluding hydrogens is 224 g/mol. The Labute approximate surface area is 101 Å². The van der Waals surface area contributed by atoms with Crippen LogP contribution in [0.3, 0.4) is 0 Å². The zero-order valence-electron chi connectivity index (χ0n) is 10.2. The summed E-state index contributed by atoms with van der Waals surface area (Å²) in [5, 5.41) is 29.8. The molecule has 0 radical (unpaired) electrons. The van der Waals surface area contributed by atoms with Crippen LogP contribution in [-0.4, -0.2) is 64.7 Å². The van der Waals surface area contributed by atoms with Gasteiger partial charge in [-0.3, -0.25) is 0 Å². The molecule has 1 aliphatic heterocycles. The Morgan fingerprint density at radius 1 is 1.24 bits per heavy atom. The number of carbonyl (C=O) groups excluding carboxylic acids is 1. The SMILES string of the molecule is CC1CCN(C(=O)NC(CO)(CO)CO)CC1. The first kappa shape index (κ1) is 14.2. The average Bonchev–Trinajstić information content (AvgIpc) is 2.37. The second kappa shape index (κ2) is 6.18. The highest BCUT2D eigenvalue weighted by atomic mass is 16.3. The molecule has 1 aliphatic rings. The number of hydrogen-bond donors (Lipinski definition) is 4. The minimum atomic E-state index is -1.33. The lowest BCUT2D eigenvalue weighted by atomic mass is 9.99. The van der Waals surface area contributed by atoms with Crippen molar-refractivity contribution in [3.63, 3.8) is 0 Å². The molecule has 0 saturated carbocycles. The number of rotatable bonds is 4. The number of piperidine rings is 1. The zero-order valence-corrected chi connectivity index (χ0v) is 10.2. The lowest BCUT2D eigenvalue weighted by molar-refractivity contribution is 0.0434. The van der Waals surface area contributed by atoms with Gasteiger partial charge in [0.25, 0.3) is 0 Å². The number of aliphatic hydroxyl groups is 3. The summed E-state index contributed by atoms with van der Waals surface area (Å²) in [5.41, 5.74) is -1.33. The maximum atomic E-state index is 11.9. The summed E-state index contributed by atoms with van der Waals surface area (Å²) < 4.78 is 0. The van der Waals surface area contributed by atoms with E-state index in [-0.39, 0.29) is 6.03 Å². The number of hydrogen-bond acceptors (Lipinski definition) is 4. The second-order valence-electron chi connectivity index (χ2n) is 4.85. The Kier molecular flexibility index (Phi) is 5.17. The van der Waals surface area contributed by atoms with Crippen LogP contribution in [0.15, 0.2) is 0 Å². The number of nitrogens with zero attached hydrogens (tertiary/aromatic N) is 1. The molecule has 0 aliphatic carbocycles. The fraction of sp³-hybridized carbons (Fsp3) is 0.909. The molecule has 0 bridgehead atoms. The van der Waals surface area contributed by atoms with Gasteiger partial charge in [-0.25, -0.2) is 4.79 Å². The van der Waals surface area contributed by atoms with E-state index >= 15 is 0 Å². The van der Waals surface area contributed by atoms with Crippen molar-refractivity contribution in [1.29, 1.82) is 0 Å². The molecular formula is C11H22N2O4. The fourth-order valence-electron chi connectivity index (χ4n) is 1.79. The standard InChI is InChI=1S/C11H22N2O4/c1-9-2-4-13(5-3-9)10(17)12-11(6-14,7-15)8-16/h9,14-16H,2-8H2,1H3,(H,12,17). The van der Waals surface area contributed by atoms with Gasteiger partial charge in [0, 0.05) is 13.1 Å². The highest BCUT2D eigenvalue weighted by Gasteiger charge is 2.32. The molecule has 1 rings (SSSR count). The molecule has 0 aromatic heterocycles. The highest BCUT2D eigenvalue weighted by molar-refractivity contribution is 5.75. The van der Waals surface area contributed by atoms with Crippen molar-refractivity contribution in [3.8, 4) is 0 Å². The Balaban J connectivity index is 2.53. The summed E-state index contributed by atoms with van der Waals surface area (Å²) in [6.07, 6.45) is 1.91. The van der Waals surface area contributed by atoms with Crippen LogP contribution in [0.25, 0.3) is 0 Å². The third-order valence-electron chi connectivity index (χ3n) is 3.35. The maximum Gasteiger partial charge on any atom is 0.318 e. The molecule has 100 valence electrons. The fourth-order valence-corrected chi connectivity index (χ4v) is 1.79. The number of carbonyl (C=O) groups is 1. The maximum absolute atomic E-state index is 11.9. The molecule has 17 heavy (non-hydrogen) atoms. The van der Waals surface area contributed by atoms with Crippen molar-refractivity contribution in [2.75, 3.05) is 32.9 Å². The van der Waals surface area contributed by atoms with Crippen molar-refractivity contribution >= 4 is 6.03 Å². The Hall–Kier alpha value is -0.850. The van der Waals surface area contributed by atoms with Crippen molar-refractivity contribution in [3.05, 3.63) is 0 Å². The summed E-state index contributed by atoms with van der Waals surface area (Å²) in [6, 6.07) is -0.339. The molecule has 1 heterocycles. The predicted molar refractivity (Wildman–Crippen MR) is 62.5 cm³/mol. The van der Waals surface area contributed by atoms with Gasteiger partial charge in [-0.1, -0.05) is 6.92 Å². The predicted octanol–water partition coefficient (Wildman–Crippen LogP) is -0.856. The van der Waals surface area contributed by atoms with Crippen LogP contribution in [0, 0.1) is 5.92 Å². The van der Waals surface area contributed by atoms with Crippen LogP contribution in [0.2, 0.25) is 0 Å². The molecule has 2 amide bonds. The van der Waals surface area contributed by atoms with Gasteiger partial charge in [-0.15, -0.1) is 0 Å². The van der Waals surface area contributed by atoms with E-state index in [9.17, 15) is 4.79 Å². The van der Waals surface area contributed by atoms with Crippen LogP contribution in [0.1, 0.15) is 19.8 Å². The van der Waals surface area contributed by atoms with Gasteiger partial charge in [0.1, 0.15) is 5.54 Å². The molecule has 0 unspecified atom stereocenters. The van der Waals surface area contributed by atoms with E-state index < -0.39 is 25.4 Å². The summed E-state index contributed by atoms with van der Waals surface area (Å²) in [7, 11) is 0. The molecule has 0 spiro atoms. The molecule has 1 fully saturated rings. The van der Waals surface area contributed by atoms with Crippen molar-refractivity contribution in [2.24, 2.45) is 5.92 Å². The van der Waals surface area contributed by atoms with E-state index in [0.29, 0.717) is 19.0 Å². The number of amides is 2. The molecule has 1 saturated heterocycles. The number of nitrogens with one attached hydrogen (secondary N) is 1. The monoisotopic (exact) mass is 246 g/mol. The molecule has 0 aromatic carbocycles. The van der Waals surface area contributed by atoms with Crippen LogP contribution < -0.4 is 5.32 Å². The van der Waals surface area contributed by atoms with Crippen molar-refractivity contribution < 1.29 is 20.1 Å². The third-order valence-corrected chi connectivity index (χ3v) is 3.35. The van der Waals surface area contributed by atoms with Gasteiger partial charge in [-0.2, -0.15) is 0 Å². The van der Waals surface area contributed by atoms with E-state index in [0.717, 1.165) is 12.8 Å². The number of likely N-dealkylation sites (tertiary alicyclic amines) is 1. The topological polar surface area (TPSA) is 93.0 Å². The lowest BCUT2D eigenvalue weighted by Gasteiger charge is -2.35.